The van der Waals surface area contributed by atoms with E-state index >= 15 is 0 Å². The van der Waals surface area contributed by atoms with Crippen LogP contribution in [-0.2, 0) is 6.42 Å². The second kappa shape index (κ2) is 6.22. The number of aromatic nitrogens is 4. The predicted octanol–water partition coefficient (Wildman–Crippen LogP) is 1.92. The number of carbonyl (C=O) groups is 1. The standard InChI is InChI=1S/C15H14N6O2/c1-2-11-20-21-15(23-11)9-3-5-10(6-4-9)19-14(22)12-13(16)18-8-7-17-12/h3-8H,2H2,1H3,(H2,16,18)(H,19,22). The maximum absolute atomic E-state index is 12.1. The molecule has 0 fully saturated rings. The van der Waals surface area contributed by atoms with Crippen molar-refractivity contribution in [2.75, 3.05) is 11.1 Å². The van der Waals surface area contributed by atoms with Gasteiger partial charge in [0.1, 0.15) is 0 Å². The number of carbonyl (C=O) groups excluding carboxylic acids is 1. The predicted molar refractivity (Wildman–Crippen MR) is 83.5 cm³/mol. The number of nitrogens with two attached hydrogens (primary N) is 1. The maximum atomic E-state index is 12.1. The average molecular weight is 310 g/mol. The van der Waals surface area contributed by atoms with Crippen molar-refractivity contribution in [2.24, 2.45) is 0 Å². The number of amides is 1. The largest absolute Gasteiger partial charge is 0.421 e. The lowest BCUT2D eigenvalue weighted by Gasteiger charge is -2.06. The monoisotopic (exact) mass is 310 g/mol. The van der Waals surface area contributed by atoms with Gasteiger partial charge in [-0.05, 0) is 24.3 Å². The molecule has 0 saturated carbocycles. The van der Waals surface area contributed by atoms with Crippen LogP contribution in [-0.4, -0.2) is 26.1 Å². The van der Waals surface area contributed by atoms with Gasteiger partial charge in [0.25, 0.3) is 5.91 Å². The second-order valence-electron chi connectivity index (χ2n) is 4.68. The minimum atomic E-state index is -0.422. The van der Waals surface area contributed by atoms with Crippen LogP contribution in [0.25, 0.3) is 11.5 Å². The molecular weight excluding hydrogens is 296 g/mol. The van der Waals surface area contributed by atoms with Crippen LogP contribution < -0.4 is 11.1 Å². The summed E-state index contributed by atoms with van der Waals surface area (Å²) in [6.07, 6.45) is 3.52. The van der Waals surface area contributed by atoms with Gasteiger partial charge in [0.2, 0.25) is 11.8 Å². The molecule has 0 aliphatic heterocycles. The third kappa shape index (κ3) is 3.15. The molecule has 0 radical (unpaired) electrons. The molecule has 116 valence electrons. The molecular formula is C15H14N6O2. The topological polar surface area (TPSA) is 120 Å². The van der Waals surface area contributed by atoms with Crippen molar-refractivity contribution in [2.45, 2.75) is 13.3 Å². The van der Waals surface area contributed by atoms with Crippen LogP contribution >= 0.6 is 0 Å². The Morgan fingerprint density at radius 1 is 1.17 bits per heavy atom. The average Bonchev–Trinajstić information content (AvgIpc) is 3.05. The fourth-order valence-corrected chi connectivity index (χ4v) is 1.92. The molecule has 8 heteroatoms. The molecule has 0 unspecified atom stereocenters. The second-order valence-corrected chi connectivity index (χ2v) is 4.68. The summed E-state index contributed by atoms with van der Waals surface area (Å²) < 4.78 is 5.48. The molecule has 2 aromatic heterocycles. The van der Waals surface area contributed by atoms with Crippen molar-refractivity contribution in [1.29, 1.82) is 0 Å². The summed E-state index contributed by atoms with van der Waals surface area (Å²) in [5.74, 6) is 0.683. The smallest absolute Gasteiger partial charge is 0.278 e. The van der Waals surface area contributed by atoms with Gasteiger partial charge < -0.3 is 15.5 Å². The SMILES string of the molecule is CCc1nnc(-c2ccc(NC(=O)c3nccnc3N)cc2)o1. The first-order valence-electron chi connectivity index (χ1n) is 6.98. The van der Waals surface area contributed by atoms with E-state index in [9.17, 15) is 4.79 Å². The number of aryl methyl sites for hydroxylation is 1. The highest BCUT2D eigenvalue weighted by atomic mass is 16.4. The quantitative estimate of drug-likeness (QED) is 0.755. The number of hydrogen-bond acceptors (Lipinski definition) is 7. The molecule has 0 bridgehead atoms. The highest BCUT2D eigenvalue weighted by Gasteiger charge is 2.13. The zero-order valence-electron chi connectivity index (χ0n) is 12.4. The molecule has 8 nitrogen and oxygen atoms in total. The number of anilines is 2. The molecule has 3 aromatic rings. The van der Waals surface area contributed by atoms with Crippen molar-refractivity contribution in [1.82, 2.24) is 20.2 Å². The van der Waals surface area contributed by atoms with E-state index in [2.05, 4.69) is 25.5 Å². The molecule has 0 spiro atoms. The van der Waals surface area contributed by atoms with Crippen LogP contribution in [0.1, 0.15) is 23.3 Å². The van der Waals surface area contributed by atoms with E-state index in [-0.39, 0.29) is 11.5 Å². The highest BCUT2D eigenvalue weighted by Crippen LogP contribution is 2.20. The number of hydrogen-bond donors (Lipinski definition) is 2. The molecule has 1 amide bonds. The minimum Gasteiger partial charge on any atom is -0.421 e. The Balaban J connectivity index is 1.75. The van der Waals surface area contributed by atoms with Crippen LogP contribution in [0.4, 0.5) is 11.5 Å². The van der Waals surface area contributed by atoms with E-state index in [4.69, 9.17) is 10.2 Å². The molecule has 2 heterocycles. The van der Waals surface area contributed by atoms with Crippen LogP contribution in [0.5, 0.6) is 0 Å². The zero-order chi connectivity index (χ0) is 16.2. The number of benzene rings is 1. The van der Waals surface area contributed by atoms with Crippen LogP contribution in [0.3, 0.4) is 0 Å². The lowest BCUT2D eigenvalue weighted by molar-refractivity contribution is 0.102. The van der Waals surface area contributed by atoms with Gasteiger partial charge in [-0.3, -0.25) is 4.79 Å². The van der Waals surface area contributed by atoms with Crippen LogP contribution in [0.2, 0.25) is 0 Å². The molecule has 3 rings (SSSR count). The summed E-state index contributed by atoms with van der Waals surface area (Å²) in [7, 11) is 0. The van der Waals surface area contributed by atoms with E-state index in [0.717, 1.165) is 5.56 Å². The van der Waals surface area contributed by atoms with E-state index in [1.165, 1.54) is 12.4 Å². The van der Waals surface area contributed by atoms with E-state index in [1.807, 2.05) is 6.92 Å². The van der Waals surface area contributed by atoms with Gasteiger partial charge in [0.05, 0.1) is 0 Å². The Morgan fingerprint density at radius 3 is 2.57 bits per heavy atom. The lowest BCUT2D eigenvalue weighted by Crippen LogP contribution is -2.16. The molecule has 0 atom stereocenters. The van der Waals surface area contributed by atoms with Crippen LogP contribution in [0.15, 0.2) is 41.1 Å². The number of nitrogens with one attached hydrogen (secondary N) is 1. The van der Waals surface area contributed by atoms with Gasteiger partial charge in [0.15, 0.2) is 11.5 Å². The Bertz CT molecular complexity index is 828. The first-order valence-corrected chi connectivity index (χ1v) is 6.98. The van der Waals surface area contributed by atoms with Crippen molar-refractivity contribution in [3.8, 4) is 11.5 Å². The lowest BCUT2D eigenvalue weighted by atomic mass is 10.2. The molecule has 3 N–H and O–H groups in total. The fraction of sp³-hybridized carbons (Fsp3) is 0.133. The summed E-state index contributed by atoms with van der Waals surface area (Å²) in [6, 6.07) is 7.02. The van der Waals surface area contributed by atoms with Gasteiger partial charge in [-0.15, -0.1) is 10.2 Å². The maximum Gasteiger partial charge on any atom is 0.278 e. The van der Waals surface area contributed by atoms with Gasteiger partial charge in [-0.2, -0.15) is 0 Å². The highest BCUT2D eigenvalue weighted by molar-refractivity contribution is 6.05. The molecule has 1 aromatic carbocycles. The summed E-state index contributed by atoms with van der Waals surface area (Å²) in [4.78, 5) is 19.8. The Morgan fingerprint density at radius 2 is 1.91 bits per heavy atom. The van der Waals surface area contributed by atoms with E-state index < -0.39 is 5.91 Å². The number of nitrogen functional groups attached to an aromatic ring is 1. The number of nitrogens with zero attached hydrogens (tertiary/aromatic N) is 4. The molecule has 0 aliphatic carbocycles. The minimum absolute atomic E-state index is 0.0829. The molecule has 0 saturated heterocycles. The number of rotatable bonds is 4. The molecule has 0 aliphatic rings. The summed E-state index contributed by atoms with van der Waals surface area (Å²) in [5.41, 5.74) is 7.08. The van der Waals surface area contributed by atoms with Gasteiger partial charge in [-0.1, -0.05) is 6.92 Å². The third-order valence-corrected chi connectivity index (χ3v) is 3.10. The van der Waals surface area contributed by atoms with Crippen molar-refractivity contribution >= 4 is 17.4 Å². The zero-order valence-corrected chi connectivity index (χ0v) is 12.4. The summed E-state index contributed by atoms with van der Waals surface area (Å²) >= 11 is 0. The van der Waals surface area contributed by atoms with Crippen molar-refractivity contribution in [3.05, 3.63) is 48.2 Å². The Kier molecular flexibility index (Phi) is 3.96. The van der Waals surface area contributed by atoms with Crippen LogP contribution in [0, 0.1) is 0 Å². The fourth-order valence-electron chi connectivity index (χ4n) is 1.92. The van der Waals surface area contributed by atoms with Gasteiger partial charge >= 0.3 is 0 Å². The van der Waals surface area contributed by atoms with Gasteiger partial charge in [-0.25, -0.2) is 9.97 Å². The Labute approximate surface area is 131 Å². The normalized spacial score (nSPS) is 10.5. The summed E-state index contributed by atoms with van der Waals surface area (Å²) in [6.45, 7) is 1.94. The Hall–Kier alpha value is -3.29. The van der Waals surface area contributed by atoms with Gasteiger partial charge in [0, 0.05) is 30.1 Å². The first kappa shape index (κ1) is 14.6. The third-order valence-electron chi connectivity index (χ3n) is 3.10. The van der Waals surface area contributed by atoms with E-state index in [1.54, 1.807) is 24.3 Å². The molecule has 23 heavy (non-hydrogen) atoms. The van der Waals surface area contributed by atoms with Crippen molar-refractivity contribution < 1.29 is 9.21 Å². The summed E-state index contributed by atoms with van der Waals surface area (Å²) in [5, 5.41) is 10.6. The first-order chi connectivity index (χ1) is 11.2. The van der Waals surface area contributed by atoms with E-state index in [0.29, 0.717) is 23.9 Å². The van der Waals surface area contributed by atoms with Crippen molar-refractivity contribution in [3.63, 3.8) is 0 Å².